The molecular formula is C23H34N4O2. The number of nitrogens with one attached hydrogen (secondary N) is 2. The smallest absolute Gasteiger partial charge is 0.317 e. The third-order valence-electron chi connectivity index (χ3n) is 7.17. The van der Waals surface area contributed by atoms with Gasteiger partial charge in [-0.3, -0.25) is 4.79 Å². The van der Waals surface area contributed by atoms with Crippen molar-refractivity contribution in [3.63, 3.8) is 0 Å². The van der Waals surface area contributed by atoms with Crippen LogP contribution in [-0.2, 0) is 0 Å². The van der Waals surface area contributed by atoms with Crippen molar-refractivity contribution in [2.75, 3.05) is 44.2 Å². The number of benzene rings is 1. The summed E-state index contributed by atoms with van der Waals surface area (Å²) in [6, 6.07) is 8.12. The van der Waals surface area contributed by atoms with Crippen molar-refractivity contribution in [1.82, 2.24) is 15.5 Å². The number of piperidine rings is 1. The van der Waals surface area contributed by atoms with Crippen molar-refractivity contribution in [3.8, 4) is 0 Å². The third kappa shape index (κ3) is 4.42. The highest BCUT2D eigenvalue weighted by molar-refractivity contribution is 5.94. The average molecular weight is 399 g/mol. The van der Waals surface area contributed by atoms with Gasteiger partial charge in [-0.05, 0) is 62.8 Å². The third-order valence-corrected chi connectivity index (χ3v) is 7.17. The van der Waals surface area contributed by atoms with Crippen molar-refractivity contribution in [2.24, 2.45) is 5.92 Å². The van der Waals surface area contributed by atoms with Gasteiger partial charge in [-0.1, -0.05) is 12.8 Å². The van der Waals surface area contributed by atoms with E-state index < -0.39 is 0 Å². The Labute approximate surface area is 174 Å². The summed E-state index contributed by atoms with van der Waals surface area (Å²) in [6.07, 6.45) is 6.88. The van der Waals surface area contributed by atoms with E-state index in [1.807, 2.05) is 17.0 Å². The summed E-state index contributed by atoms with van der Waals surface area (Å²) in [5.74, 6) is 0.656. The van der Waals surface area contributed by atoms with Crippen LogP contribution in [0.2, 0.25) is 0 Å². The molecule has 6 nitrogen and oxygen atoms in total. The SMILES string of the molecule is CC(=O)c1ccc(N2CCC(C3(NC(=O)N4CCNCC4)CCCC3)CC2)cc1. The number of carbonyl (C=O) groups excluding carboxylic acids is 2. The highest BCUT2D eigenvalue weighted by atomic mass is 16.2. The van der Waals surface area contributed by atoms with Crippen LogP contribution >= 0.6 is 0 Å². The molecule has 2 saturated heterocycles. The Hall–Kier alpha value is -2.08. The van der Waals surface area contributed by atoms with E-state index in [2.05, 4.69) is 27.7 Å². The van der Waals surface area contributed by atoms with Crippen LogP contribution < -0.4 is 15.5 Å². The quantitative estimate of drug-likeness (QED) is 0.765. The first-order chi connectivity index (χ1) is 14.1. The number of nitrogens with zero attached hydrogens (tertiary/aromatic N) is 2. The van der Waals surface area contributed by atoms with E-state index in [-0.39, 0.29) is 17.4 Å². The van der Waals surface area contributed by atoms with E-state index in [1.165, 1.54) is 18.5 Å². The van der Waals surface area contributed by atoms with Crippen molar-refractivity contribution in [1.29, 1.82) is 0 Å². The fourth-order valence-corrected chi connectivity index (χ4v) is 5.40. The van der Waals surface area contributed by atoms with Gasteiger partial charge in [0.05, 0.1) is 0 Å². The van der Waals surface area contributed by atoms with Crippen molar-refractivity contribution in [2.45, 2.75) is 51.0 Å². The molecule has 0 spiro atoms. The Balaban J connectivity index is 1.38. The maximum atomic E-state index is 12.9. The Morgan fingerprint density at radius 2 is 1.62 bits per heavy atom. The summed E-state index contributed by atoms with van der Waals surface area (Å²) in [5, 5.41) is 6.83. The first-order valence-corrected chi connectivity index (χ1v) is 11.2. The average Bonchev–Trinajstić information content (AvgIpc) is 3.24. The van der Waals surface area contributed by atoms with Crippen LogP contribution in [0.4, 0.5) is 10.5 Å². The number of amides is 2. The molecule has 6 heteroatoms. The van der Waals surface area contributed by atoms with Gasteiger partial charge in [0, 0.05) is 56.1 Å². The lowest BCUT2D eigenvalue weighted by atomic mass is 9.76. The van der Waals surface area contributed by atoms with Gasteiger partial charge in [-0.15, -0.1) is 0 Å². The molecule has 0 radical (unpaired) electrons. The molecule has 4 rings (SSSR count). The first-order valence-electron chi connectivity index (χ1n) is 11.2. The Kier molecular flexibility index (Phi) is 6.09. The second kappa shape index (κ2) is 8.74. The van der Waals surface area contributed by atoms with Crippen molar-refractivity contribution >= 4 is 17.5 Å². The summed E-state index contributed by atoms with van der Waals surface area (Å²) >= 11 is 0. The van der Waals surface area contributed by atoms with Crippen LogP contribution in [0, 0.1) is 5.92 Å². The predicted octanol–water partition coefficient (Wildman–Crippen LogP) is 3.03. The molecule has 0 bridgehead atoms. The number of rotatable bonds is 4. The van der Waals surface area contributed by atoms with Crippen molar-refractivity contribution in [3.05, 3.63) is 29.8 Å². The number of anilines is 1. The van der Waals surface area contributed by atoms with E-state index >= 15 is 0 Å². The van der Waals surface area contributed by atoms with Crippen LogP contribution in [0.3, 0.4) is 0 Å². The van der Waals surface area contributed by atoms with Gasteiger partial charge in [0.25, 0.3) is 0 Å². The largest absolute Gasteiger partial charge is 0.372 e. The summed E-state index contributed by atoms with van der Waals surface area (Å²) < 4.78 is 0. The molecule has 3 aliphatic rings. The molecule has 0 unspecified atom stereocenters. The molecule has 1 aromatic carbocycles. The highest BCUT2D eigenvalue weighted by Crippen LogP contribution is 2.41. The number of hydrogen-bond donors (Lipinski definition) is 2. The first kappa shape index (κ1) is 20.2. The standard InChI is InChI=1S/C23H34N4O2/c1-18(28)19-4-6-21(7-5-19)26-14-8-20(9-15-26)23(10-2-3-11-23)25-22(29)27-16-12-24-13-17-27/h4-7,20,24H,2-3,8-17H2,1H3,(H,25,29). The fraction of sp³-hybridized carbons (Fsp3) is 0.652. The molecule has 0 atom stereocenters. The summed E-state index contributed by atoms with van der Waals surface area (Å²) in [6.45, 7) is 7.01. The molecule has 1 aliphatic carbocycles. The molecule has 2 amide bonds. The zero-order valence-corrected chi connectivity index (χ0v) is 17.6. The second-order valence-corrected chi connectivity index (χ2v) is 8.89. The van der Waals surface area contributed by atoms with Gasteiger partial charge in [-0.25, -0.2) is 4.79 Å². The summed E-state index contributed by atoms with van der Waals surface area (Å²) in [5.41, 5.74) is 1.94. The number of piperazine rings is 1. The Morgan fingerprint density at radius 1 is 1.00 bits per heavy atom. The Morgan fingerprint density at radius 3 is 2.21 bits per heavy atom. The topological polar surface area (TPSA) is 64.7 Å². The molecule has 3 fully saturated rings. The van der Waals surface area contributed by atoms with E-state index in [9.17, 15) is 9.59 Å². The van der Waals surface area contributed by atoms with E-state index in [0.717, 1.165) is 70.5 Å². The molecule has 158 valence electrons. The van der Waals surface area contributed by atoms with Crippen LogP contribution in [-0.4, -0.2) is 61.5 Å². The van der Waals surface area contributed by atoms with Crippen LogP contribution in [0.1, 0.15) is 55.8 Å². The van der Waals surface area contributed by atoms with E-state index in [0.29, 0.717) is 5.92 Å². The van der Waals surface area contributed by atoms with Gasteiger partial charge in [0.2, 0.25) is 0 Å². The normalized spacial score (nSPS) is 22.5. The van der Waals surface area contributed by atoms with Gasteiger partial charge in [-0.2, -0.15) is 0 Å². The molecule has 0 aromatic heterocycles. The lowest BCUT2D eigenvalue weighted by molar-refractivity contribution is 0.101. The van der Waals surface area contributed by atoms with Crippen LogP contribution in [0.15, 0.2) is 24.3 Å². The minimum absolute atomic E-state index is 0.0213. The van der Waals surface area contributed by atoms with Gasteiger partial charge in [0.1, 0.15) is 0 Å². The predicted molar refractivity (Wildman–Crippen MR) is 116 cm³/mol. The molecule has 1 aromatic rings. The highest BCUT2D eigenvalue weighted by Gasteiger charge is 2.44. The van der Waals surface area contributed by atoms with Crippen molar-refractivity contribution < 1.29 is 9.59 Å². The van der Waals surface area contributed by atoms with Gasteiger partial charge < -0.3 is 20.4 Å². The maximum absolute atomic E-state index is 12.9. The number of carbonyl (C=O) groups is 2. The number of urea groups is 1. The molecular weight excluding hydrogens is 364 g/mol. The molecule has 2 N–H and O–H groups in total. The van der Waals surface area contributed by atoms with Crippen LogP contribution in [0.25, 0.3) is 0 Å². The zero-order chi connectivity index (χ0) is 20.3. The minimum atomic E-state index is -0.0213. The van der Waals surface area contributed by atoms with E-state index in [4.69, 9.17) is 0 Å². The Bertz CT molecular complexity index is 713. The number of ketones is 1. The van der Waals surface area contributed by atoms with Gasteiger partial charge in [0.15, 0.2) is 5.78 Å². The minimum Gasteiger partial charge on any atom is -0.372 e. The monoisotopic (exact) mass is 398 g/mol. The van der Waals surface area contributed by atoms with Crippen LogP contribution in [0.5, 0.6) is 0 Å². The second-order valence-electron chi connectivity index (χ2n) is 8.89. The zero-order valence-electron chi connectivity index (χ0n) is 17.6. The maximum Gasteiger partial charge on any atom is 0.317 e. The number of Topliss-reactive ketones (excluding diaryl/α,β-unsaturated/α-hetero) is 1. The molecule has 29 heavy (non-hydrogen) atoms. The van der Waals surface area contributed by atoms with Gasteiger partial charge >= 0.3 is 6.03 Å². The molecule has 2 heterocycles. The number of hydrogen-bond acceptors (Lipinski definition) is 4. The fourth-order valence-electron chi connectivity index (χ4n) is 5.40. The summed E-state index contributed by atoms with van der Waals surface area (Å²) in [4.78, 5) is 28.8. The molecule has 1 saturated carbocycles. The molecule has 2 aliphatic heterocycles. The van der Waals surface area contributed by atoms with E-state index in [1.54, 1.807) is 6.92 Å². The lowest BCUT2D eigenvalue weighted by Gasteiger charge is -2.45. The lowest BCUT2D eigenvalue weighted by Crippen LogP contribution is -2.59. The summed E-state index contributed by atoms with van der Waals surface area (Å²) in [7, 11) is 0.